The first-order chi connectivity index (χ1) is 11.0. The predicted octanol–water partition coefficient (Wildman–Crippen LogP) is 3.01. The normalized spacial score (nSPS) is 10.9. The highest BCUT2D eigenvalue weighted by atomic mass is 16.5. The van der Waals surface area contributed by atoms with Crippen molar-refractivity contribution >= 4 is 16.7 Å². The van der Waals surface area contributed by atoms with Gasteiger partial charge in [-0.1, -0.05) is 12.1 Å². The second kappa shape index (κ2) is 5.66. The minimum absolute atomic E-state index is 0.139. The molecule has 2 aromatic carbocycles. The van der Waals surface area contributed by atoms with E-state index < -0.39 is 5.63 Å². The van der Waals surface area contributed by atoms with Gasteiger partial charge in [-0.3, -0.25) is 0 Å². The minimum atomic E-state index is -0.522. The number of rotatable bonds is 3. The number of anilines is 1. The lowest BCUT2D eigenvalue weighted by atomic mass is 9.99. The van der Waals surface area contributed by atoms with Crippen LogP contribution in [0.4, 0.5) is 5.69 Å². The smallest absolute Gasteiger partial charge is 0.340 e. The van der Waals surface area contributed by atoms with Crippen molar-refractivity contribution in [2.75, 3.05) is 5.48 Å². The van der Waals surface area contributed by atoms with Gasteiger partial charge >= 0.3 is 5.63 Å². The third-order valence-electron chi connectivity index (χ3n) is 3.80. The summed E-state index contributed by atoms with van der Waals surface area (Å²) in [5, 5.41) is 30.5. The summed E-state index contributed by atoms with van der Waals surface area (Å²) in [6.07, 6.45) is 0.309. The van der Waals surface area contributed by atoms with E-state index in [2.05, 4.69) is 0 Å². The van der Waals surface area contributed by atoms with Crippen molar-refractivity contribution in [1.29, 1.82) is 0 Å². The Kier molecular flexibility index (Phi) is 3.67. The van der Waals surface area contributed by atoms with Gasteiger partial charge in [-0.05, 0) is 30.2 Å². The van der Waals surface area contributed by atoms with E-state index in [0.29, 0.717) is 28.6 Å². The molecule has 0 saturated heterocycles. The molecule has 3 rings (SSSR count). The molecule has 0 amide bonds. The molecule has 0 fully saturated rings. The fraction of sp³-hybridized carbons (Fsp3) is 0.118. The molecule has 0 saturated carbocycles. The van der Waals surface area contributed by atoms with Crippen LogP contribution in [-0.4, -0.2) is 10.2 Å². The van der Waals surface area contributed by atoms with Crippen molar-refractivity contribution in [3.8, 4) is 11.5 Å². The molecule has 0 aliphatic rings. The number of aromatic hydroxyl groups is 2. The van der Waals surface area contributed by atoms with Crippen LogP contribution < -0.4 is 11.1 Å². The maximum absolute atomic E-state index is 12.2. The second-order valence-corrected chi connectivity index (χ2v) is 5.31. The summed E-state index contributed by atoms with van der Waals surface area (Å²) in [7, 11) is 0. The molecule has 0 aliphatic heterocycles. The molecule has 118 valence electrons. The van der Waals surface area contributed by atoms with Crippen molar-refractivity contribution < 1.29 is 14.6 Å². The van der Waals surface area contributed by atoms with Crippen LogP contribution in [-0.2, 0) is 6.42 Å². The Labute approximate surface area is 131 Å². The summed E-state index contributed by atoms with van der Waals surface area (Å²) in [6, 6.07) is 9.21. The molecule has 0 spiro atoms. The lowest BCUT2D eigenvalue weighted by Crippen LogP contribution is -2.11. The summed E-state index contributed by atoms with van der Waals surface area (Å²) in [5.74, 6) is -0.320. The van der Waals surface area contributed by atoms with E-state index in [9.17, 15) is 20.2 Å². The van der Waals surface area contributed by atoms with Gasteiger partial charge in [-0.2, -0.15) is 0 Å². The van der Waals surface area contributed by atoms with E-state index in [1.807, 2.05) is 0 Å². The lowest BCUT2D eigenvalue weighted by Gasteiger charge is -2.11. The van der Waals surface area contributed by atoms with Crippen molar-refractivity contribution in [2.45, 2.75) is 13.3 Å². The number of hydrogen-bond donors (Lipinski definition) is 3. The monoisotopic (exact) mass is 312 g/mol. The molecule has 0 bridgehead atoms. The molecule has 0 atom stereocenters. The zero-order valence-corrected chi connectivity index (χ0v) is 12.3. The number of hydrogen-bond acceptors (Lipinski definition) is 6. The molecule has 23 heavy (non-hydrogen) atoms. The topological polar surface area (TPSA) is 106 Å². The molecular formula is C17H14NO5-. The van der Waals surface area contributed by atoms with Crippen LogP contribution in [0.25, 0.3) is 11.0 Å². The van der Waals surface area contributed by atoms with E-state index in [1.165, 1.54) is 12.1 Å². The molecule has 6 nitrogen and oxygen atoms in total. The Bertz CT molecular complexity index is 928. The SMILES string of the molecule is Cc1c(Cc2ccc(N[O-])cc2)c(=O)oc2cc(O)cc(O)c12. The molecule has 0 unspecified atom stereocenters. The van der Waals surface area contributed by atoms with Gasteiger partial charge in [-0.25, -0.2) is 4.79 Å². The zero-order chi connectivity index (χ0) is 16.6. The Morgan fingerprint density at radius 1 is 1.17 bits per heavy atom. The fourth-order valence-corrected chi connectivity index (χ4v) is 2.61. The molecule has 0 radical (unpaired) electrons. The highest BCUT2D eigenvalue weighted by molar-refractivity contribution is 5.88. The van der Waals surface area contributed by atoms with E-state index in [-0.39, 0.29) is 17.1 Å². The third kappa shape index (κ3) is 2.72. The van der Waals surface area contributed by atoms with Crippen molar-refractivity contribution in [3.63, 3.8) is 0 Å². The quantitative estimate of drug-likeness (QED) is 0.507. The number of aryl methyl sites for hydroxylation is 1. The van der Waals surface area contributed by atoms with Gasteiger partial charge in [0.05, 0.1) is 5.39 Å². The molecule has 6 heteroatoms. The summed E-state index contributed by atoms with van der Waals surface area (Å²) in [4.78, 5) is 12.2. The average molecular weight is 312 g/mol. The van der Waals surface area contributed by atoms with Crippen LogP contribution >= 0.6 is 0 Å². The van der Waals surface area contributed by atoms with Gasteiger partial charge in [0.25, 0.3) is 0 Å². The second-order valence-electron chi connectivity index (χ2n) is 5.31. The highest BCUT2D eigenvalue weighted by Crippen LogP contribution is 2.32. The maximum Gasteiger partial charge on any atom is 0.340 e. The number of fused-ring (bicyclic) bond motifs is 1. The van der Waals surface area contributed by atoms with Gasteiger partial charge in [0.15, 0.2) is 0 Å². The molecule has 1 aromatic heterocycles. The van der Waals surface area contributed by atoms with Gasteiger partial charge < -0.3 is 25.3 Å². The van der Waals surface area contributed by atoms with E-state index in [0.717, 1.165) is 5.56 Å². The minimum Gasteiger partial charge on any atom is -0.761 e. The number of phenolic OH excluding ortho intramolecular Hbond substituents is 2. The molecule has 3 N–H and O–H groups in total. The standard InChI is InChI=1S/C17H14NO5/c1-9-13(6-10-2-4-11(18-22)5-3-10)17(21)23-15-8-12(19)7-14(20)16(9)15/h2-5,7-8,18-20H,6H2,1H3/q-1. The summed E-state index contributed by atoms with van der Waals surface area (Å²) >= 11 is 0. The predicted molar refractivity (Wildman–Crippen MR) is 86.8 cm³/mol. The molecule has 1 heterocycles. The Balaban J connectivity index is 2.11. The summed E-state index contributed by atoms with van der Waals surface area (Å²) in [5.41, 5.74) is 3.69. The first-order valence-corrected chi connectivity index (χ1v) is 6.95. The third-order valence-corrected chi connectivity index (χ3v) is 3.80. The fourth-order valence-electron chi connectivity index (χ4n) is 2.61. The average Bonchev–Trinajstić information content (AvgIpc) is 2.51. The van der Waals surface area contributed by atoms with E-state index >= 15 is 0 Å². The Morgan fingerprint density at radius 2 is 1.87 bits per heavy atom. The highest BCUT2D eigenvalue weighted by Gasteiger charge is 2.15. The Hall–Kier alpha value is -2.99. The number of benzene rings is 2. The molecule has 3 aromatic rings. The van der Waals surface area contributed by atoms with Gasteiger partial charge in [-0.15, -0.1) is 0 Å². The molecule has 0 aliphatic carbocycles. The summed E-state index contributed by atoms with van der Waals surface area (Å²) in [6.45, 7) is 1.72. The van der Waals surface area contributed by atoms with Crippen LogP contribution in [0.1, 0.15) is 16.7 Å². The van der Waals surface area contributed by atoms with E-state index in [4.69, 9.17) is 4.42 Å². The van der Waals surface area contributed by atoms with Crippen LogP contribution in [0.5, 0.6) is 11.5 Å². The van der Waals surface area contributed by atoms with Crippen LogP contribution in [0.2, 0.25) is 0 Å². The Morgan fingerprint density at radius 3 is 2.52 bits per heavy atom. The largest absolute Gasteiger partial charge is 0.761 e. The van der Waals surface area contributed by atoms with Gasteiger partial charge in [0, 0.05) is 29.8 Å². The van der Waals surface area contributed by atoms with Crippen LogP contribution in [0, 0.1) is 12.1 Å². The van der Waals surface area contributed by atoms with Gasteiger partial charge in [0.1, 0.15) is 17.1 Å². The van der Waals surface area contributed by atoms with Crippen molar-refractivity contribution in [3.05, 3.63) is 68.7 Å². The first kappa shape index (κ1) is 14.9. The zero-order valence-electron chi connectivity index (χ0n) is 12.3. The summed E-state index contributed by atoms with van der Waals surface area (Å²) < 4.78 is 5.21. The van der Waals surface area contributed by atoms with Crippen LogP contribution in [0.15, 0.2) is 45.6 Å². The van der Waals surface area contributed by atoms with Crippen LogP contribution in [0.3, 0.4) is 0 Å². The molecular weight excluding hydrogens is 298 g/mol. The van der Waals surface area contributed by atoms with Gasteiger partial charge in [0.2, 0.25) is 0 Å². The van der Waals surface area contributed by atoms with Crippen molar-refractivity contribution in [2.24, 2.45) is 0 Å². The van der Waals surface area contributed by atoms with Crippen molar-refractivity contribution in [1.82, 2.24) is 0 Å². The first-order valence-electron chi connectivity index (χ1n) is 6.95. The maximum atomic E-state index is 12.2. The lowest BCUT2D eigenvalue weighted by molar-refractivity contribution is 0.450. The number of nitrogens with one attached hydrogen (secondary N) is 1. The number of phenols is 2. The van der Waals surface area contributed by atoms with E-state index in [1.54, 1.807) is 36.7 Å².